The Kier molecular flexibility index (Phi) is 9.36. The maximum Gasteiger partial charge on any atom is 0.315 e. The Balaban J connectivity index is 0.000000705. The fraction of sp³-hybridized carbons (Fsp3) is 0.333. The van der Waals surface area contributed by atoms with Gasteiger partial charge in [-0.2, -0.15) is 0 Å². The van der Waals surface area contributed by atoms with Crippen LogP contribution in [0.1, 0.15) is 26.7 Å². The summed E-state index contributed by atoms with van der Waals surface area (Å²) in [4.78, 5) is 10.6. The highest BCUT2D eigenvalue weighted by atomic mass is 35.5. The van der Waals surface area contributed by atoms with E-state index < -0.39 is 4.92 Å². The van der Waals surface area contributed by atoms with E-state index in [0.717, 1.165) is 0 Å². The molecule has 0 amide bonds. The van der Waals surface area contributed by atoms with Crippen molar-refractivity contribution in [2.75, 3.05) is 13.9 Å². The van der Waals surface area contributed by atoms with E-state index in [2.05, 4.69) is 13.8 Å². The van der Waals surface area contributed by atoms with Gasteiger partial charge >= 0.3 is 5.69 Å². The van der Waals surface area contributed by atoms with Crippen molar-refractivity contribution >= 4 is 17.3 Å². The van der Waals surface area contributed by atoms with Gasteiger partial charge in [0.2, 0.25) is 5.75 Å². The molecule has 0 aliphatic heterocycles. The summed E-state index contributed by atoms with van der Waals surface area (Å²) < 4.78 is 15.4. The molecule has 2 aromatic rings. The molecule has 0 saturated heterocycles. The van der Waals surface area contributed by atoms with Crippen LogP contribution in [0.3, 0.4) is 0 Å². The van der Waals surface area contributed by atoms with Crippen molar-refractivity contribution in [2.45, 2.75) is 26.7 Å². The van der Waals surface area contributed by atoms with Crippen LogP contribution in [0.2, 0.25) is 5.02 Å². The number of rotatable bonds is 7. The molecule has 0 saturated carbocycles. The van der Waals surface area contributed by atoms with Gasteiger partial charge < -0.3 is 14.2 Å². The van der Waals surface area contributed by atoms with Gasteiger partial charge in [-0.05, 0) is 36.4 Å². The molecule has 25 heavy (non-hydrogen) atoms. The number of ether oxygens (including phenoxy) is 3. The zero-order valence-corrected chi connectivity index (χ0v) is 15.3. The van der Waals surface area contributed by atoms with Crippen molar-refractivity contribution in [1.29, 1.82) is 0 Å². The van der Waals surface area contributed by atoms with Crippen LogP contribution < -0.4 is 9.47 Å². The summed E-state index contributed by atoms with van der Waals surface area (Å²) in [7, 11) is 1.46. The summed E-state index contributed by atoms with van der Waals surface area (Å²) in [5.74, 6) is 0.896. The fourth-order valence-electron chi connectivity index (χ4n) is 1.57. The molecular formula is C18H22ClNO5. The first-order valence-corrected chi connectivity index (χ1v) is 8.23. The summed E-state index contributed by atoms with van der Waals surface area (Å²) in [5, 5.41) is 11.7. The lowest BCUT2D eigenvalue weighted by Crippen LogP contribution is -2.00. The predicted molar refractivity (Wildman–Crippen MR) is 97.7 cm³/mol. The van der Waals surface area contributed by atoms with E-state index in [4.69, 9.17) is 25.8 Å². The minimum Gasteiger partial charge on any atom is -0.467 e. The van der Waals surface area contributed by atoms with Gasteiger partial charge in [0.05, 0.1) is 11.0 Å². The highest BCUT2D eigenvalue weighted by Gasteiger charge is 2.17. The van der Waals surface area contributed by atoms with Crippen LogP contribution in [0, 0.1) is 10.1 Å². The van der Waals surface area contributed by atoms with Gasteiger partial charge in [0.15, 0.2) is 6.79 Å². The molecule has 0 N–H and O–H groups in total. The van der Waals surface area contributed by atoms with Gasteiger partial charge in [-0.25, -0.2) is 0 Å². The molecule has 7 heteroatoms. The molecule has 0 unspecified atom stereocenters. The Morgan fingerprint density at radius 2 is 1.64 bits per heavy atom. The van der Waals surface area contributed by atoms with E-state index >= 15 is 0 Å². The third-order valence-corrected chi connectivity index (χ3v) is 3.26. The average molecular weight is 368 g/mol. The molecule has 0 bridgehead atoms. The van der Waals surface area contributed by atoms with Crippen molar-refractivity contribution in [3.63, 3.8) is 0 Å². The lowest BCUT2D eigenvalue weighted by molar-refractivity contribution is -0.385. The van der Waals surface area contributed by atoms with E-state index in [1.54, 1.807) is 30.3 Å². The summed E-state index contributed by atoms with van der Waals surface area (Å²) in [6.45, 7) is 4.37. The lowest BCUT2D eigenvalue weighted by Gasteiger charge is -2.09. The molecular weight excluding hydrogens is 346 g/mol. The Hall–Kier alpha value is -2.31. The quantitative estimate of drug-likeness (QED) is 0.350. The number of hydrogen-bond acceptors (Lipinski definition) is 5. The molecule has 0 fully saturated rings. The summed E-state index contributed by atoms with van der Waals surface area (Å²) >= 11 is 5.77. The highest BCUT2D eigenvalue weighted by Crippen LogP contribution is 2.34. The first-order chi connectivity index (χ1) is 12.0. The van der Waals surface area contributed by atoms with Crippen molar-refractivity contribution in [3.8, 4) is 17.2 Å². The minimum atomic E-state index is -0.537. The molecule has 6 nitrogen and oxygen atoms in total. The smallest absolute Gasteiger partial charge is 0.315 e. The van der Waals surface area contributed by atoms with Crippen LogP contribution in [-0.2, 0) is 4.74 Å². The van der Waals surface area contributed by atoms with Gasteiger partial charge in [0.25, 0.3) is 0 Å². The largest absolute Gasteiger partial charge is 0.467 e. The first kappa shape index (κ1) is 20.7. The Bertz CT molecular complexity index is 659. The summed E-state index contributed by atoms with van der Waals surface area (Å²) in [6, 6.07) is 10.8. The second kappa shape index (κ2) is 11.3. The van der Waals surface area contributed by atoms with Crippen molar-refractivity contribution < 1.29 is 19.1 Å². The molecule has 0 spiro atoms. The molecule has 0 aliphatic rings. The number of nitro benzene ring substituents is 1. The van der Waals surface area contributed by atoms with Gasteiger partial charge in [-0.1, -0.05) is 38.3 Å². The van der Waals surface area contributed by atoms with Crippen molar-refractivity contribution in [2.24, 2.45) is 0 Å². The Morgan fingerprint density at radius 3 is 2.16 bits per heavy atom. The van der Waals surface area contributed by atoms with Gasteiger partial charge in [-0.15, -0.1) is 0 Å². The van der Waals surface area contributed by atoms with E-state index in [-0.39, 0.29) is 18.2 Å². The molecule has 2 rings (SSSR count). The van der Waals surface area contributed by atoms with Gasteiger partial charge in [0.1, 0.15) is 11.5 Å². The van der Waals surface area contributed by atoms with Gasteiger partial charge in [-0.3, -0.25) is 10.1 Å². The van der Waals surface area contributed by atoms with E-state index in [0.29, 0.717) is 16.5 Å². The predicted octanol–water partition coefficient (Wildman–Crippen LogP) is 5.83. The third kappa shape index (κ3) is 7.41. The summed E-state index contributed by atoms with van der Waals surface area (Å²) in [5.41, 5.74) is -0.196. The molecule has 0 aromatic heterocycles. The number of methoxy groups -OCH3 is 1. The summed E-state index contributed by atoms with van der Waals surface area (Å²) in [6.07, 6.45) is 2.64. The zero-order chi connectivity index (χ0) is 18.7. The van der Waals surface area contributed by atoms with Crippen LogP contribution >= 0.6 is 11.6 Å². The maximum atomic E-state index is 11.1. The van der Waals surface area contributed by atoms with Crippen LogP contribution in [0.25, 0.3) is 0 Å². The molecule has 0 heterocycles. The number of nitrogens with zero attached hydrogens (tertiary/aromatic N) is 1. The normalized spacial score (nSPS) is 9.76. The van der Waals surface area contributed by atoms with Crippen LogP contribution in [0.4, 0.5) is 5.69 Å². The topological polar surface area (TPSA) is 70.8 Å². The number of halogens is 1. The SMILES string of the molecule is CCCC.COCOc1ccc(Oc2ccc(Cl)cc2)c([N+](=O)[O-])c1. The second-order valence-electron chi connectivity index (χ2n) is 4.99. The number of unbranched alkanes of at least 4 members (excludes halogenated alkanes) is 1. The molecule has 136 valence electrons. The fourth-order valence-corrected chi connectivity index (χ4v) is 1.70. The van der Waals surface area contributed by atoms with E-state index in [1.807, 2.05) is 0 Å². The zero-order valence-electron chi connectivity index (χ0n) is 14.5. The molecule has 0 radical (unpaired) electrons. The minimum absolute atomic E-state index is 0.00847. The maximum absolute atomic E-state index is 11.1. The van der Waals surface area contributed by atoms with E-state index in [1.165, 1.54) is 32.1 Å². The van der Waals surface area contributed by atoms with Crippen molar-refractivity contribution in [1.82, 2.24) is 0 Å². The lowest BCUT2D eigenvalue weighted by atomic mass is 10.2. The standard InChI is InChI=1S/C14H12ClNO5.C4H10/c1-19-9-20-12-6-7-14(13(8-12)16(17)18)21-11-4-2-10(15)3-5-11;1-3-4-2/h2-8H,9H2,1H3;3-4H2,1-2H3. The molecule has 2 aromatic carbocycles. The van der Waals surface area contributed by atoms with E-state index in [9.17, 15) is 10.1 Å². The monoisotopic (exact) mass is 367 g/mol. The number of nitro groups is 1. The number of hydrogen-bond donors (Lipinski definition) is 0. The van der Waals surface area contributed by atoms with Crippen molar-refractivity contribution in [3.05, 3.63) is 57.6 Å². The van der Waals surface area contributed by atoms with Crippen LogP contribution in [0.5, 0.6) is 17.2 Å². The highest BCUT2D eigenvalue weighted by molar-refractivity contribution is 6.30. The Labute approximate surface area is 152 Å². The first-order valence-electron chi connectivity index (χ1n) is 7.85. The van der Waals surface area contributed by atoms with Gasteiger partial charge in [0, 0.05) is 12.1 Å². The molecule has 0 aliphatic carbocycles. The Morgan fingerprint density at radius 1 is 1.04 bits per heavy atom. The molecule has 0 atom stereocenters. The third-order valence-electron chi connectivity index (χ3n) is 3.01. The van der Waals surface area contributed by atoms with Crippen LogP contribution in [0.15, 0.2) is 42.5 Å². The van der Waals surface area contributed by atoms with Crippen LogP contribution in [-0.4, -0.2) is 18.8 Å². The number of benzene rings is 2. The second-order valence-corrected chi connectivity index (χ2v) is 5.43. The average Bonchev–Trinajstić information content (AvgIpc) is 2.62.